The minimum absolute atomic E-state index is 0.134. The van der Waals surface area contributed by atoms with Crippen LogP contribution < -0.4 is 5.32 Å². The van der Waals surface area contributed by atoms with Crippen molar-refractivity contribution in [3.05, 3.63) is 33.8 Å². The summed E-state index contributed by atoms with van der Waals surface area (Å²) in [5, 5.41) is 4.39. The average Bonchev–Trinajstić information content (AvgIpc) is 3.23. The van der Waals surface area contributed by atoms with Gasteiger partial charge in [-0.25, -0.2) is 14.8 Å². The summed E-state index contributed by atoms with van der Waals surface area (Å²) in [5.41, 5.74) is 1.64. The molecule has 2 N–H and O–H groups in total. The number of carbonyl (C=O) groups excluding carboxylic acids is 2. The number of anilines is 1. The van der Waals surface area contributed by atoms with Gasteiger partial charge in [-0.05, 0) is 25.5 Å². The maximum atomic E-state index is 12.3. The standard InChI is InChI=1S/C17H17ClN4O3S2/c1-3-10-6-11(16(24)25-4-2)15(27-10)21-13(23)8-26-17-20-12-5-9(18)7-19-14(12)22-17/h5-7H,3-4,8H2,1-2H3,(H,21,23)(H,19,20,22). The monoisotopic (exact) mass is 424 g/mol. The molecule has 0 saturated carbocycles. The van der Waals surface area contributed by atoms with E-state index in [0.717, 1.165) is 11.3 Å². The second-order valence-electron chi connectivity index (χ2n) is 5.43. The van der Waals surface area contributed by atoms with E-state index < -0.39 is 5.97 Å². The van der Waals surface area contributed by atoms with Gasteiger partial charge in [0, 0.05) is 11.1 Å². The Balaban J connectivity index is 1.66. The lowest BCUT2D eigenvalue weighted by molar-refractivity contribution is -0.113. The third-order valence-electron chi connectivity index (χ3n) is 3.50. The van der Waals surface area contributed by atoms with Crippen LogP contribution >= 0.6 is 34.7 Å². The van der Waals surface area contributed by atoms with E-state index in [-0.39, 0.29) is 18.3 Å². The first-order chi connectivity index (χ1) is 13.0. The van der Waals surface area contributed by atoms with E-state index in [1.54, 1.807) is 19.1 Å². The topological polar surface area (TPSA) is 97.0 Å². The molecule has 0 aliphatic carbocycles. The molecule has 0 radical (unpaired) electrons. The highest BCUT2D eigenvalue weighted by Crippen LogP contribution is 2.30. The highest BCUT2D eigenvalue weighted by atomic mass is 35.5. The number of thioether (sulfide) groups is 1. The molecule has 0 spiro atoms. The van der Waals surface area contributed by atoms with E-state index in [0.29, 0.717) is 31.9 Å². The van der Waals surface area contributed by atoms with Gasteiger partial charge in [-0.15, -0.1) is 11.3 Å². The Bertz CT molecular complexity index is 986. The second-order valence-corrected chi connectivity index (χ2v) is 7.97. The van der Waals surface area contributed by atoms with Gasteiger partial charge in [-0.3, -0.25) is 4.79 Å². The zero-order valence-corrected chi connectivity index (χ0v) is 17.1. The molecule has 10 heteroatoms. The number of carbonyl (C=O) groups is 2. The van der Waals surface area contributed by atoms with Crippen LogP contribution in [0.3, 0.4) is 0 Å². The number of aromatic amines is 1. The zero-order chi connectivity index (χ0) is 19.4. The summed E-state index contributed by atoms with van der Waals surface area (Å²) in [6, 6.07) is 3.49. The normalized spacial score (nSPS) is 10.9. The highest BCUT2D eigenvalue weighted by Gasteiger charge is 2.19. The van der Waals surface area contributed by atoms with Gasteiger partial charge in [-0.2, -0.15) is 0 Å². The Kier molecular flexibility index (Phi) is 6.35. The quantitative estimate of drug-likeness (QED) is 0.437. The molecule has 0 saturated heterocycles. The summed E-state index contributed by atoms with van der Waals surface area (Å²) in [4.78, 5) is 36.9. The third-order valence-corrected chi connectivity index (χ3v) is 5.78. The maximum absolute atomic E-state index is 12.3. The predicted molar refractivity (Wildman–Crippen MR) is 108 cm³/mol. The molecular formula is C17H17ClN4O3S2. The zero-order valence-electron chi connectivity index (χ0n) is 14.7. The molecule has 3 aromatic rings. The van der Waals surface area contributed by atoms with Crippen molar-refractivity contribution in [2.45, 2.75) is 25.4 Å². The first kappa shape index (κ1) is 19.7. The number of nitrogens with zero attached hydrogens (tertiary/aromatic N) is 2. The molecule has 142 valence electrons. The van der Waals surface area contributed by atoms with Crippen molar-refractivity contribution in [3.8, 4) is 0 Å². The number of hydrogen-bond donors (Lipinski definition) is 2. The molecule has 7 nitrogen and oxygen atoms in total. The summed E-state index contributed by atoms with van der Waals surface area (Å²) in [6.45, 7) is 4.02. The van der Waals surface area contributed by atoms with Crippen molar-refractivity contribution in [1.29, 1.82) is 0 Å². The Morgan fingerprint density at radius 1 is 1.37 bits per heavy atom. The van der Waals surface area contributed by atoms with Gasteiger partial charge in [-0.1, -0.05) is 30.3 Å². The summed E-state index contributed by atoms with van der Waals surface area (Å²) >= 11 is 8.53. The van der Waals surface area contributed by atoms with Gasteiger partial charge in [0.15, 0.2) is 10.8 Å². The molecule has 1 amide bonds. The van der Waals surface area contributed by atoms with Crippen LogP contribution in [0.25, 0.3) is 11.2 Å². The van der Waals surface area contributed by atoms with Gasteiger partial charge >= 0.3 is 5.97 Å². The second kappa shape index (κ2) is 8.73. The number of amides is 1. The minimum Gasteiger partial charge on any atom is -0.462 e. The SMILES string of the molecule is CCOC(=O)c1cc(CC)sc1NC(=O)CSc1nc2ncc(Cl)cc2[nH]1. The van der Waals surface area contributed by atoms with E-state index in [9.17, 15) is 9.59 Å². The number of aromatic nitrogens is 3. The van der Waals surface area contributed by atoms with E-state index in [2.05, 4.69) is 20.3 Å². The lowest BCUT2D eigenvalue weighted by Crippen LogP contribution is -2.16. The number of halogens is 1. The largest absolute Gasteiger partial charge is 0.462 e. The van der Waals surface area contributed by atoms with Crippen molar-refractivity contribution in [2.24, 2.45) is 0 Å². The average molecular weight is 425 g/mol. The summed E-state index contributed by atoms with van der Waals surface area (Å²) in [6.07, 6.45) is 2.29. The molecule has 0 aromatic carbocycles. The van der Waals surface area contributed by atoms with Crippen molar-refractivity contribution >= 4 is 62.7 Å². The first-order valence-corrected chi connectivity index (χ1v) is 10.4. The number of esters is 1. The number of fused-ring (bicyclic) bond motifs is 1. The van der Waals surface area contributed by atoms with E-state index in [1.165, 1.54) is 29.3 Å². The first-order valence-electron chi connectivity index (χ1n) is 8.23. The Labute approximate surface area is 168 Å². The molecule has 0 bridgehead atoms. The molecule has 3 heterocycles. The number of imidazole rings is 1. The van der Waals surface area contributed by atoms with Gasteiger partial charge in [0.1, 0.15) is 5.00 Å². The third kappa shape index (κ3) is 4.79. The lowest BCUT2D eigenvalue weighted by Gasteiger charge is -2.05. The van der Waals surface area contributed by atoms with E-state index in [4.69, 9.17) is 16.3 Å². The highest BCUT2D eigenvalue weighted by molar-refractivity contribution is 7.99. The van der Waals surface area contributed by atoms with Crippen LogP contribution in [0.5, 0.6) is 0 Å². The van der Waals surface area contributed by atoms with Crippen LogP contribution in [0.1, 0.15) is 29.1 Å². The summed E-state index contributed by atoms with van der Waals surface area (Å²) in [5.74, 6) is -0.534. The number of thiophene rings is 1. The summed E-state index contributed by atoms with van der Waals surface area (Å²) < 4.78 is 5.06. The van der Waals surface area contributed by atoms with Crippen LogP contribution in [-0.4, -0.2) is 39.2 Å². The number of ether oxygens (including phenoxy) is 1. The molecule has 0 aliphatic rings. The van der Waals surface area contributed by atoms with Gasteiger partial charge in [0.2, 0.25) is 5.91 Å². The number of nitrogens with one attached hydrogen (secondary N) is 2. The Morgan fingerprint density at radius 3 is 2.93 bits per heavy atom. The summed E-state index contributed by atoms with van der Waals surface area (Å²) in [7, 11) is 0. The van der Waals surface area contributed by atoms with Crippen LogP contribution in [-0.2, 0) is 16.0 Å². The van der Waals surface area contributed by atoms with Gasteiger partial charge in [0.25, 0.3) is 0 Å². The van der Waals surface area contributed by atoms with Crippen LogP contribution in [0.15, 0.2) is 23.5 Å². The molecule has 3 aromatic heterocycles. The molecule has 3 rings (SSSR count). The maximum Gasteiger partial charge on any atom is 0.341 e. The number of aryl methyl sites for hydroxylation is 1. The van der Waals surface area contributed by atoms with Crippen molar-refractivity contribution in [3.63, 3.8) is 0 Å². The van der Waals surface area contributed by atoms with Crippen molar-refractivity contribution in [2.75, 3.05) is 17.7 Å². The molecular weight excluding hydrogens is 408 g/mol. The number of rotatable bonds is 7. The molecule has 0 atom stereocenters. The van der Waals surface area contributed by atoms with E-state index in [1.807, 2.05) is 6.92 Å². The van der Waals surface area contributed by atoms with Gasteiger partial charge < -0.3 is 15.0 Å². The number of H-pyrrole nitrogens is 1. The number of pyridine rings is 1. The molecule has 0 aliphatic heterocycles. The van der Waals surface area contributed by atoms with Crippen molar-refractivity contribution < 1.29 is 14.3 Å². The lowest BCUT2D eigenvalue weighted by atomic mass is 10.2. The van der Waals surface area contributed by atoms with Crippen molar-refractivity contribution in [1.82, 2.24) is 15.0 Å². The van der Waals surface area contributed by atoms with Crippen LogP contribution in [0.2, 0.25) is 5.02 Å². The Hall–Kier alpha value is -2.10. The number of hydrogen-bond acceptors (Lipinski definition) is 7. The minimum atomic E-state index is -0.434. The van der Waals surface area contributed by atoms with Crippen LogP contribution in [0, 0.1) is 0 Å². The van der Waals surface area contributed by atoms with E-state index >= 15 is 0 Å². The predicted octanol–water partition coefficient (Wildman–Crippen LogP) is 4.14. The van der Waals surface area contributed by atoms with Crippen LogP contribution in [0.4, 0.5) is 5.00 Å². The molecule has 0 fully saturated rings. The fourth-order valence-corrected chi connectivity index (χ4v) is 4.12. The Morgan fingerprint density at radius 2 is 2.19 bits per heavy atom. The fraction of sp³-hybridized carbons (Fsp3) is 0.294. The van der Waals surface area contributed by atoms with Gasteiger partial charge in [0.05, 0.1) is 28.5 Å². The molecule has 27 heavy (non-hydrogen) atoms. The molecule has 0 unspecified atom stereocenters. The smallest absolute Gasteiger partial charge is 0.341 e. The fourth-order valence-electron chi connectivity index (χ4n) is 2.29.